The summed E-state index contributed by atoms with van der Waals surface area (Å²) in [5.41, 5.74) is 9.73. The smallest absolute Gasteiger partial charge is 0.303 e. The monoisotopic (exact) mass is 1710 g/mol. The molecule has 122 heavy (non-hydrogen) atoms. The van der Waals surface area contributed by atoms with Crippen LogP contribution in [-0.2, 0) is 53.6 Å². The van der Waals surface area contributed by atoms with E-state index in [-0.39, 0.29) is 89.3 Å². The van der Waals surface area contributed by atoms with Crippen LogP contribution in [0.5, 0.6) is 0 Å². The molecule has 0 unspecified atom stereocenters. The van der Waals surface area contributed by atoms with Gasteiger partial charge in [0.15, 0.2) is 0 Å². The number of carboxylic acids is 1. The van der Waals surface area contributed by atoms with Gasteiger partial charge in [0.25, 0.3) is 0 Å². The molecule has 35 heteroatoms. The SMILES string of the molecule is CC(=O)N1CCC(C(=O)Nc2oncc2-c2ccccc2)CC1.CC(C)CS(=O)(=O)Nc1oncc1-c1ccccc1.CN(C)CC(=O)Nc1oncc1-c1ccccc1.CN1CCC(C(=O)Nc2oncc2-c2ccccc2)CC1.O=C(O)CCC(=O)Nc1oncc1-c1ccccc1.O=S(=O)(CC1CCOCC1)Nc1oncc1-c1ccccc1. The van der Waals surface area contributed by atoms with E-state index < -0.39 is 31.9 Å². The van der Waals surface area contributed by atoms with Crippen molar-refractivity contribution in [1.82, 2.24) is 45.6 Å². The molecule has 0 aliphatic carbocycles. The number of sulfonamides is 2. The molecule has 12 aromatic rings. The Hall–Kier alpha value is -13.2. The molecule has 0 radical (unpaired) electrons. The minimum absolute atomic E-state index is 0.0250. The van der Waals surface area contributed by atoms with Crippen LogP contribution in [0.3, 0.4) is 0 Å². The summed E-state index contributed by atoms with van der Waals surface area (Å²) in [5.74, 6) is 0.392. The Kier molecular flexibility index (Phi) is 34.2. The molecule has 642 valence electrons. The molecule has 3 aliphatic heterocycles. The molecular formula is C87H99N15O18S2. The number of benzene rings is 6. The zero-order valence-corrected chi connectivity index (χ0v) is 70.0. The number of carbonyl (C=O) groups is 6. The lowest BCUT2D eigenvalue weighted by molar-refractivity contribution is -0.138. The molecule has 3 aliphatic rings. The molecule has 0 saturated carbocycles. The van der Waals surface area contributed by atoms with E-state index in [1.807, 2.05) is 210 Å². The first-order valence-electron chi connectivity index (χ1n) is 39.4. The predicted octanol–water partition coefficient (Wildman–Crippen LogP) is 14.4. The summed E-state index contributed by atoms with van der Waals surface area (Å²) in [7, 11) is -1.15. The molecule has 0 atom stereocenters. The van der Waals surface area contributed by atoms with Crippen LogP contribution in [0.1, 0.15) is 72.1 Å². The lowest BCUT2D eigenvalue weighted by atomic mass is 9.96. The number of nitrogens with zero attached hydrogens (tertiary/aromatic N) is 9. The van der Waals surface area contributed by atoms with Crippen LogP contribution < -0.4 is 30.7 Å². The molecule has 0 spiro atoms. The molecule has 6 aromatic heterocycles. The first-order chi connectivity index (χ1) is 58.8. The Morgan fingerprint density at radius 1 is 0.426 bits per heavy atom. The van der Waals surface area contributed by atoms with E-state index in [0.29, 0.717) is 80.0 Å². The first-order valence-corrected chi connectivity index (χ1v) is 42.8. The average Bonchev–Trinajstić information content (AvgIpc) is 1.68. The molecule has 15 rings (SSSR count). The van der Waals surface area contributed by atoms with Gasteiger partial charge in [-0.2, -0.15) is 0 Å². The van der Waals surface area contributed by atoms with E-state index in [2.05, 4.69) is 73.6 Å². The number of ether oxygens (including phenoxy) is 1. The van der Waals surface area contributed by atoms with Gasteiger partial charge in [-0.3, -0.25) is 59.5 Å². The lowest BCUT2D eigenvalue weighted by Gasteiger charge is -2.30. The Morgan fingerprint density at radius 3 is 1.05 bits per heavy atom. The number of aromatic nitrogens is 6. The number of amides is 5. The number of hydrogen-bond acceptors (Lipinski definition) is 25. The van der Waals surface area contributed by atoms with E-state index in [1.165, 1.54) is 18.6 Å². The lowest BCUT2D eigenvalue weighted by Crippen LogP contribution is -2.40. The second-order valence-corrected chi connectivity index (χ2v) is 32.9. The molecule has 3 saturated heterocycles. The quantitative estimate of drug-likeness (QED) is 0.0279. The van der Waals surface area contributed by atoms with Crippen molar-refractivity contribution >= 4 is 90.9 Å². The van der Waals surface area contributed by atoms with Crippen LogP contribution in [0.4, 0.5) is 35.3 Å². The highest BCUT2D eigenvalue weighted by molar-refractivity contribution is 7.93. The predicted molar refractivity (Wildman–Crippen MR) is 460 cm³/mol. The number of carbonyl (C=O) groups excluding carboxylic acids is 5. The molecule has 3 fully saturated rings. The topological polar surface area (TPSA) is 438 Å². The summed E-state index contributed by atoms with van der Waals surface area (Å²) in [6, 6.07) is 57.2. The summed E-state index contributed by atoms with van der Waals surface area (Å²) in [6.07, 6.45) is 13.7. The number of anilines is 6. The van der Waals surface area contributed by atoms with E-state index in [4.69, 9.17) is 37.0 Å². The third-order valence-corrected chi connectivity index (χ3v) is 22.2. The zero-order chi connectivity index (χ0) is 86.8. The molecule has 33 nitrogen and oxygen atoms in total. The van der Waals surface area contributed by atoms with Crippen molar-refractivity contribution in [3.63, 3.8) is 0 Å². The maximum Gasteiger partial charge on any atom is 0.303 e. The van der Waals surface area contributed by atoms with Gasteiger partial charge in [-0.1, -0.05) is 227 Å². The van der Waals surface area contributed by atoms with Crippen molar-refractivity contribution in [2.45, 2.75) is 72.1 Å². The number of likely N-dealkylation sites (tertiary alicyclic amines) is 2. The first kappa shape index (κ1) is 91.1. The largest absolute Gasteiger partial charge is 0.481 e. The van der Waals surface area contributed by atoms with Gasteiger partial charge in [0.1, 0.15) is 0 Å². The zero-order valence-electron chi connectivity index (χ0n) is 68.3. The molecule has 7 N–H and O–H groups in total. The van der Waals surface area contributed by atoms with Gasteiger partial charge in [0.05, 0.1) is 95.0 Å². The molecule has 0 bridgehead atoms. The Morgan fingerprint density at radius 2 is 0.730 bits per heavy atom. The number of rotatable bonds is 25. The van der Waals surface area contributed by atoms with Gasteiger partial charge in [0, 0.05) is 51.5 Å². The van der Waals surface area contributed by atoms with Crippen LogP contribution >= 0.6 is 0 Å². The highest BCUT2D eigenvalue weighted by atomic mass is 32.2. The van der Waals surface area contributed by atoms with Crippen molar-refractivity contribution in [2.24, 2.45) is 23.7 Å². The summed E-state index contributed by atoms with van der Waals surface area (Å²) in [4.78, 5) is 75.5. The van der Waals surface area contributed by atoms with E-state index in [1.54, 1.807) is 35.3 Å². The van der Waals surface area contributed by atoms with Gasteiger partial charge in [-0.05, 0) is 118 Å². The van der Waals surface area contributed by atoms with Gasteiger partial charge >= 0.3 is 5.97 Å². The third-order valence-electron chi connectivity index (χ3n) is 19.2. The fraction of sp³-hybridized carbons (Fsp3) is 0.310. The number of carboxylic acid groups (broad SMARTS) is 1. The van der Waals surface area contributed by atoms with Crippen molar-refractivity contribution in [1.29, 1.82) is 0 Å². The van der Waals surface area contributed by atoms with Crippen molar-refractivity contribution in [3.05, 3.63) is 219 Å². The van der Waals surface area contributed by atoms with E-state index >= 15 is 0 Å². The van der Waals surface area contributed by atoms with Crippen LogP contribution in [0.2, 0.25) is 0 Å². The Labute approximate surface area is 706 Å². The van der Waals surface area contributed by atoms with E-state index in [9.17, 15) is 45.6 Å². The molecular weight excluding hydrogens is 1610 g/mol. The molecule has 9 heterocycles. The van der Waals surface area contributed by atoms with Crippen LogP contribution in [0, 0.1) is 23.7 Å². The summed E-state index contributed by atoms with van der Waals surface area (Å²) in [6.45, 7) is 9.95. The summed E-state index contributed by atoms with van der Waals surface area (Å²) >= 11 is 0. The molecule has 6 aromatic carbocycles. The Bertz CT molecular complexity index is 5480. The standard InChI is InChI=1S/C17H19N3O3.C16H19N3O2.C15H18N2O4S.C13H15N3O2.C13H12N2O4.C13H16N2O3S/c1-12(21)20-9-7-14(8-10-20)16(22)19-17-15(11-18-23-17)13-5-3-2-4-6-13;1-19-9-7-13(8-10-19)15(20)18-16-14(11-17-21-16)12-5-3-2-4-6-12;18-22(19,11-12-6-8-20-9-7-12)17-15-14(10-16-21-15)13-4-2-1-3-5-13;1-16(2)9-12(17)15-13-11(8-14-18-13)10-6-4-3-5-7-10;16-11(6-7-12(17)18)15-13-10(8-14-19-13)9-4-2-1-3-5-9;1-10(2)9-19(16,17)15-13-12(8-14-18-13)11-6-4-3-5-7-11/h2-6,11,14H,7-10H2,1H3,(H,19,22);2-6,11,13H,7-10H2,1H3,(H,18,20);1-5,10,12,17H,6-9,11H2;3-8H,9H2,1-2H3,(H,15,17);1-5,8H,6-7H2,(H,15,16)(H,17,18);3-8,10,15H,9H2,1-2H3. The van der Waals surface area contributed by atoms with Gasteiger partial charge in [-0.25, -0.2) is 16.8 Å². The van der Waals surface area contributed by atoms with Crippen molar-refractivity contribution < 1.29 is 82.6 Å². The maximum absolute atomic E-state index is 12.4. The van der Waals surface area contributed by atoms with Gasteiger partial charge in [0.2, 0.25) is 84.9 Å². The molecule has 5 amide bonds. The van der Waals surface area contributed by atoms with Crippen LogP contribution in [-0.4, -0.2) is 182 Å². The number of aliphatic carboxylic acids is 1. The highest BCUT2D eigenvalue weighted by Crippen LogP contribution is 2.35. The number of hydrogen-bond donors (Lipinski definition) is 7. The Balaban J connectivity index is 0.000000154. The minimum Gasteiger partial charge on any atom is -0.481 e. The number of likely N-dealkylation sites (N-methyl/N-ethyl adjacent to an activating group) is 1. The van der Waals surface area contributed by atoms with Crippen LogP contribution in [0.25, 0.3) is 66.8 Å². The second-order valence-electron chi connectivity index (χ2n) is 29.4. The average molecular weight is 1710 g/mol. The van der Waals surface area contributed by atoms with Crippen molar-refractivity contribution in [3.8, 4) is 66.8 Å². The maximum atomic E-state index is 12.4. The summed E-state index contributed by atoms with van der Waals surface area (Å²) in [5, 5.41) is 41.8. The number of nitrogens with one attached hydrogen (secondary N) is 6. The second kappa shape index (κ2) is 45.8. The highest BCUT2D eigenvalue weighted by Gasteiger charge is 2.30. The fourth-order valence-electron chi connectivity index (χ4n) is 12.9. The van der Waals surface area contributed by atoms with Gasteiger partial charge in [-0.15, -0.1) is 0 Å². The van der Waals surface area contributed by atoms with Crippen LogP contribution in [0.15, 0.2) is 246 Å². The third kappa shape index (κ3) is 28.8. The normalized spacial score (nSPS) is 13.8. The van der Waals surface area contributed by atoms with Gasteiger partial charge < -0.3 is 51.7 Å². The van der Waals surface area contributed by atoms with Crippen molar-refractivity contribution in [2.75, 3.05) is 109 Å². The fourth-order valence-corrected chi connectivity index (χ4v) is 15.8. The number of piperidine rings is 2. The van der Waals surface area contributed by atoms with E-state index in [0.717, 1.165) is 88.8 Å². The summed E-state index contributed by atoms with van der Waals surface area (Å²) < 4.78 is 89.1. The minimum atomic E-state index is -3.47.